The summed E-state index contributed by atoms with van der Waals surface area (Å²) in [5, 5.41) is 9.91. The Hall–Kier alpha value is -1.01. The van der Waals surface area contributed by atoms with Crippen molar-refractivity contribution in [1.82, 2.24) is 0 Å². The standard InChI is InChI=1S/C26H44O5/c1-17(23-25(5,6)15-13-21(30-23)16-18(2)27)12-10-9-11-14-26(7)24(31-26)19(3)22(29-8)20(4)28/h9-10,12,19-24,28H,11,13-16H2,1-8H3/b10-9+,17-12+/t19-,20-,21-,22-,23-,24-,26-/m1/s1. The van der Waals surface area contributed by atoms with Crippen LogP contribution in [0.3, 0.4) is 0 Å². The lowest BCUT2D eigenvalue weighted by Gasteiger charge is -2.42. The van der Waals surface area contributed by atoms with Gasteiger partial charge in [-0.1, -0.05) is 39.0 Å². The lowest BCUT2D eigenvalue weighted by atomic mass is 9.75. The van der Waals surface area contributed by atoms with Crippen LogP contribution in [0.4, 0.5) is 0 Å². The summed E-state index contributed by atoms with van der Waals surface area (Å²) < 4.78 is 17.8. The molecule has 2 fully saturated rings. The van der Waals surface area contributed by atoms with Gasteiger partial charge in [-0.2, -0.15) is 0 Å². The van der Waals surface area contributed by atoms with E-state index in [9.17, 15) is 9.90 Å². The second kappa shape index (κ2) is 10.7. The van der Waals surface area contributed by atoms with E-state index in [4.69, 9.17) is 14.2 Å². The lowest BCUT2D eigenvalue weighted by Crippen LogP contribution is -2.42. The monoisotopic (exact) mass is 436 g/mol. The topological polar surface area (TPSA) is 68.3 Å². The number of hydrogen-bond acceptors (Lipinski definition) is 5. The van der Waals surface area contributed by atoms with Gasteiger partial charge in [-0.05, 0) is 64.4 Å². The fourth-order valence-corrected chi connectivity index (χ4v) is 5.22. The number of ketones is 1. The van der Waals surface area contributed by atoms with E-state index >= 15 is 0 Å². The van der Waals surface area contributed by atoms with Crippen molar-refractivity contribution < 1.29 is 24.1 Å². The van der Waals surface area contributed by atoms with Crippen molar-refractivity contribution in [2.45, 2.75) is 117 Å². The van der Waals surface area contributed by atoms with Gasteiger partial charge in [0.15, 0.2) is 0 Å². The van der Waals surface area contributed by atoms with Crippen molar-refractivity contribution in [3.63, 3.8) is 0 Å². The summed E-state index contributed by atoms with van der Waals surface area (Å²) in [4.78, 5) is 11.5. The predicted molar refractivity (Wildman–Crippen MR) is 124 cm³/mol. The first-order valence-electron chi connectivity index (χ1n) is 11.8. The number of hydrogen-bond donors (Lipinski definition) is 1. The number of epoxide rings is 1. The van der Waals surface area contributed by atoms with Crippen molar-refractivity contribution in [2.75, 3.05) is 7.11 Å². The van der Waals surface area contributed by atoms with Gasteiger partial charge in [0.1, 0.15) is 5.78 Å². The molecule has 5 nitrogen and oxygen atoms in total. The molecule has 5 heteroatoms. The first-order valence-corrected chi connectivity index (χ1v) is 11.8. The fraction of sp³-hybridized carbons (Fsp3) is 0.808. The van der Waals surface area contributed by atoms with Crippen molar-refractivity contribution >= 4 is 5.78 Å². The Bertz CT molecular complexity index is 665. The number of aliphatic hydroxyl groups excluding tert-OH is 1. The van der Waals surface area contributed by atoms with Gasteiger partial charge in [0.25, 0.3) is 0 Å². The number of ether oxygens (including phenoxy) is 3. The van der Waals surface area contributed by atoms with Crippen molar-refractivity contribution in [1.29, 1.82) is 0 Å². The lowest BCUT2D eigenvalue weighted by molar-refractivity contribution is -0.129. The summed E-state index contributed by atoms with van der Waals surface area (Å²) in [5.74, 6) is 0.341. The van der Waals surface area contributed by atoms with Crippen LogP contribution in [0.2, 0.25) is 0 Å². The third-order valence-electron chi connectivity index (χ3n) is 7.06. The molecule has 0 aromatic carbocycles. The summed E-state index contributed by atoms with van der Waals surface area (Å²) in [6.07, 6.45) is 10.3. The smallest absolute Gasteiger partial charge is 0.132 e. The third kappa shape index (κ3) is 6.98. The van der Waals surface area contributed by atoms with Gasteiger partial charge in [0, 0.05) is 19.4 Å². The summed E-state index contributed by atoms with van der Waals surface area (Å²) in [5.41, 5.74) is 1.12. The maximum Gasteiger partial charge on any atom is 0.132 e. The zero-order valence-corrected chi connectivity index (χ0v) is 20.8. The van der Waals surface area contributed by atoms with Crippen LogP contribution >= 0.6 is 0 Å². The number of methoxy groups -OCH3 is 1. The molecule has 7 atom stereocenters. The number of allylic oxidation sites excluding steroid dienone is 3. The SMILES string of the molecule is CO[C@H]([C@@H](C)[C@H]1O[C@]1(C)CC/C=C/C=C(\C)[C@H]1O[C@@H](CC(C)=O)CCC1(C)C)[C@@H](C)O. The van der Waals surface area contributed by atoms with Crippen LogP contribution in [-0.4, -0.2) is 54.1 Å². The molecule has 0 aliphatic carbocycles. The van der Waals surface area contributed by atoms with E-state index in [0.717, 1.165) is 25.7 Å². The first kappa shape index (κ1) is 26.2. The summed E-state index contributed by atoms with van der Waals surface area (Å²) in [7, 11) is 1.64. The quantitative estimate of drug-likeness (QED) is 0.364. The molecule has 0 radical (unpaired) electrons. The van der Waals surface area contributed by atoms with E-state index < -0.39 is 6.10 Å². The highest BCUT2D eigenvalue weighted by Gasteiger charge is 2.56. The molecule has 0 bridgehead atoms. The molecule has 2 aliphatic rings. The Balaban J connectivity index is 1.86. The van der Waals surface area contributed by atoms with E-state index in [1.165, 1.54) is 5.57 Å². The molecular weight excluding hydrogens is 392 g/mol. The van der Waals surface area contributed by atoms with Crippen molar-refractivity contribution in [3.05, 3.63) is 23.8 Å². The molecule has 1 N–H and O–H groups in total. The molecule has 0 amide bonds. The van der Waals surface area contributed by atoms with Crippen molar-refractivity contribution in [3.8, 4) is 0 Å². The van der Waals surface area contributed by atoms with E-state index in [0.29, 0.717) is 6.42 Å². The Morgan fingerprint density at radius 3 is 2.52 bits per heavy atom. The molecular formula is C26H44O5. The largest absolute Gasteiger partial charge is 0.391 e. The third-order valence-corrected chi connectivity index (χ3v) is 7.06. The highest BCUT2D eigenvalue weighted by Crippen LogP contribution is 2.46. The Labute approximate surface area is 189 Å². The zero-order valence-electron chi connectivity index (χ0n) is 20.8. The van der Waals surface area contributed by atoms with Gasteiger partial charge < -0.3 is 19.3 Å². The van der Waals surface area contributed by atoms with E-state index in [1.807, 2.05) is 0 Å². The molecule has 0 spiro atoms. The van der Waals surface area contributed by atoms with E-state index in [2.05, 4.69) is 52.8 Å². The summed E-state index contributed by atoms with van der Waals surface area (Å²) in [6.45, 7) is 14.2. The molecule has 0 aromatic rings. The highest BCUT2D eigenvalue weighted by atomic mass is 16.6. The highest BCUT2D eigenvalue weighted by molar-refractivity contribution is 5.76. The van der Waals surface area contributed by atoms with Crippen molar-refractivity contribution in [2.24, 2.45) is 11.3 Å². The van der Waals surface area contributed by atoms with Crippen LogP contribution in [0, 0.1) is 11.3 Å². The van der Waals surface area contributed by atoms with Gasteiger partial charge in [-0.25, -0.2) is 0 Å². The summed E-state index contributed by atoms with van der Waals surface area (Å²) >= 11 is 0. The Morgan fingerprint density at radius 2 is 1.94 bits per heavy atom. The average molecular weight is 437 g/mol. The minimum absolute atomic E-state index is 0.0336. The molecule has 178 valence electrons. The Morgan fingerprint density at radius 1 is 1.26 bits per heavy atom. The second-order valence-electron chi connectivity index (χ2n) is 10.6. The van der Waals surface area contributed by atoms with E-state index in [1.54, 1.807) is 21.0 Å². The number of carbonyl (C=O) groups excluding carboxylic acids is 1. The zero-order chi connectivity index (χ0) is 23.4. The van der Waals surface area contributed by atoms with Crippen LogP contribution in [0.25, 0.3) is 0 Å². The average Bonchev–Trinajstić information content (AvgIpc) is 3.34. The van der Waals surface area contributed by atoms with Gasteiger partial charge in [0.05, 0.1) is 36.1 Å². The maximum atomic E-state index is 11.5. The molecule has 2 saturated heterocycles. The number of rotatable bonds is 11. The molecule has 31 heavy (non-hydrogen) atoms. The molecule has 2 heterocycles. The van der Waals surface area contributed by atoms with Gasteiger partial charge in [0.2, 0.25) is 0 Å². The molecule has 0 unspecified atom stereocenters. The van der Waals surface area contributed by atoms with Crippen LogP contribution in [0.1, 0.15) is 80.6 Å². The maximum absolute atomic E-state index is 11.5. The normalized spacial score (nSPS) is 33.8. The van der Waals surface area contributed by atoms with Crippen LogP contribution in [0.15, 0.2) is 23.8 Å². The molecule has 0 saturated carbocycles. The molecule has 2 aliphatic heterocycles. The minimum Gasteiger partial charge on any atom is -0.391 e. The molecule has 0 aromatic heterocycles. The molecule has 2 rings (SSSR count). The minimum atomic E-state index is -0.511. The van der Waals surface area contributed by atoms with Gasteiger partial charge in [-0.3, -0.25) is 4.79 Å². The summed E-state index contributed by atoms with van der Waals surface area (Å²) in [6, 6.07) is 0. The number of Topliss-reactive ketones (excluding diaryl/α,β-unsaturated/α-hetero) is 1. The van der Waals surface area contributed by atoms with E-state index in [-0.39, 0.29) is 47.1 Å². The first-order chi connectivity index (χ1) is 14.4. The van der Waals surface area contributed by atoms with Crippen LogP contribution in [-0.2, 0) is 19.0 Å². The van der Waals surface area contributed by atoms with Gasteiger partial charge >= 0.3 is 0 Å². The number of aliphatic hydroxyl groups is 1. The van der Waals surface area contributed by atoms with Crippen LogP contribution < -0.4 is 0 Å². The number of carbonyl (C=O) groups is 1. The Kier molecular flexibility index (Phi) is 9.09. The van der Waals surface area contributed by atoms with Gasteiger partial charge in [-0.15, -0.1) is 0 Å². The fourth-order valence-electron chi connectivity index (χ4n) is 5.22. The second-order valence-corrected chi connectivity index (χ2v) is 10.6. The van der Waals surface area contributed by atoms with Crippen LogP contribution in [0.5, 0.6) is 0 Å². The predicted octanol–water partition coefficient (Wildman–Crippen LogP) is 5.01.